The second-order valence-electron chi connectivity index (χ2n) is 5.07. The molecule has 0 aliphatic rings. The number of ether oxygens (including phenoxy) is 1. The van der Waals surface area contributed by atoms with Gasteiger partial charge in [0.05, 0.1) is 18.4 Å². The molecule has 2 aromatic carbocycles. The number of benzene rings is 2. The van der Waals surface area contributed by atoms with E-state index in [1.54, 1.807) is 36.8 Å². The van der Waals surface area contributed by atoms with Gasteiger partial charge in [-0.3, -0.25) is 0 Å². The van der Waals surface area contributed by atoms with Crippen LogP contribution in [0.5, 0.6) is 0 Å². The van der Waals surface area contributed by atoms with Crippen molar-refractivity contribution in [2.45, 2.75) is 12.6 Å². The van der Waals surface area contributed by atoms with Gasteiger partial charge in [0.2, 0.25) is 0 Å². The van der Waals surface area contributed by atoms with E-state index in [9.17, 15) is 4.79 Å². The number of imidazole rings is 1. The molecule has 3 aromatic rings. The molecule has 0 aliphatic carbocycles. The number of nitrogens with zero attached hydrogens (tertiary/aromatic N) is 2. The Morgan fingerprint density at radius 2 is 1.83 bits per heavy atom. The zero-order valence-electron chi connectivity index (χ0n) is 12.7. The fraction of sp³-hybridized carbons (Fsp3) is 0.111. The van der Waals surface area contributed by atoms with Crippen molar-refractivity contribution >= 4 is 30.0 Å². The van der Waals surface area contributed by atoms with Crippen molar-refractivity contribution in [3.05, 3.63) is 89.5 Å². The Balaban J connectivity index is 0.00000208. The molecule has 0 N–H and O–H groups in total. The minimum absolute atomic E-state index is 0. The van der Waals surface area contributed by atoms with E-state index >= 15 is 0 Å². The lowest BCUT2D eigenvalue weighted by atomic mass is 10.1. The van der Waals surface area contributed by atoms with Crippen molar-refractivity contribution in [2.75, 3.05) is 0 Å². The van der Waals surface area contributed by atoms with E-state index in [-0.39, 0.29) is 18.4 Å². The Morgan fingerprint density at radius 3 is 2.46 bits per heavy atom. The first-order valence-electron chi connectivity index (χ1n) is 7.19. The molecule has 0 saturated heterocycles. The van der Waals surface area contributed by atoms with Crippen LogP contribution >= 0.6 is 24.0 Å². The van der Waals surface area contributed by atoms with Crippen LogP contribution in [0.3, 0.4) is 0 Å². The molecule has 1 unspecified atom stereocenters. The summed E-state index contributed by atoms with van der Waals surface area (Å²) in [5, 5.41) is 0.643. The zero-order valence-corrected chi connectivity index (χ0v) is 14.3. The first-order chi connectivity index (χ1) is 11.2. The second-order valence-corrected chi connectivity index (χ2v) is 5.51. The normalized spacial score (nSPS) is 11.4. The Kier molecular flexibility index (Phi) is 6.41. The second kappa shape index (κ2) is 8.52. The van der Waals surface area contributed by atoms with Crippen LogP contribution in [0.15, 0.2) is 73.3 Å². The summed E-state index contributed by atoms with van der Waals surface area (Å²) in [6.07, 6.45) is 4.80. The van der Waals surface area contributed by atoms with Gasteiger partial charge in [-0.1, -0.05) is 41.9 Å². The molecule has 0 spiro atoms. The quantitative estimate of drug-likeness (QED) is 0.625. The molecule has 1 aromatic heterocycles. The van der Waals surface area contributed by atoms with Gasteiger partial charge < -0.3 is 9.30 Å². The van der Waals surface area contributed by atoms with Gasteiger partial charge >= 0.3 is 5.97 Å². The average molecular weight is 363 g/mol. The molecule has 0 radical (unpaired) electrons. The lowest BCUT2D eigenvalue weighted by Gasteiger charge is -2.19. The number of halogens is 2. The fourth-order valence-corrected chi connectivity index (χ4v) is 2.37. The summed E-state index contributed by atoms with van der Waals surface area (Å²) in [6.45, 7) is 0.486. The Morgan fingerprint density at radius 1 is 1.12 bits per heavy atom. The van der Waals surface area contributed by atoms with E-state index in [0.29, 0.717) is 17.1 Å². The van der Waals surface area contributed by atoms with Crippen LogP contribution < -0.4 is 0 Å². The van der Waals surface area contributed by atoms with Gasteiger partial charge in [-0.05, 0) is 29.8 Å². The number of aromatic nitrogens is 2. The van der Waals surface area contributed by atoms with E-state index < -0.39 is 6.10 Å². The van der Waals surface area contributed by atoms with Crippen LogP contribution in [0.2, 0.25) is 5.02 Å². The number of carbonyl (C=O) groups excluding carboxylic acids is 1. The molecule has 0 bridgehead atoms. The topological polar surface area (TPSA) is 44.1 Å². The number of rotatable bonds is 5. The Labute approximate surface area is 151 Å². The maximum atomic E-state index is 12.4. The molecule has 0 aliphatic heterocycles. The number of esters is 1. The molecule has 1 heterocycles. The van der Waals surface area contributed by atoms with Crippen LogP contribution in [0.25, 0.3) is 0 Å². The Bertz CT molecular complexity index is 759. The highest BCUT2D eigenvalue weighted by Gasteiger charge is 2.18. The predicted molar refractivity (Wildman–Crippen MR) is 95.5 cm³/mol. The van der Waals surface area contributed by atoms with E-state index in [2.05, 4.69) is 4.98 Å². The van der Waals surface area contributed by atoms with Gasteiger partial charge in [0, 0.05) is 17.4 Å². The van der Waals surface area contributed by atoms with E-state index in [4.69, 9.17) is 16.3 Å². The minimum atomic E-state index is -0.422. The molecule has 0 saturated carbocycles. The molecule has 1 atom stereocenters. The average Bonchev–Trinajstić information content (AvgIpc) is 3.09. The van der Waals surface area contributed by atoms with Crippen LogP contribution in [0.4, 0.5) is 0 Å². The van der Waals surface area contributed by atoms with Crippen LogP contribution in [-0.4, -0.2) is 15.5 Å². The van der Waals surface area contributed by atoms with Crippen LogP contribution in [0, 0.1) is 0 Å². The summed E-state index contributed by atoms with van der Waals surface area (Å²) < 4.78 is 7.58. The van der Waals surface area contributed by atoms with Crippen molar-refractivity contribution in [1.29, 1.82) is 0 Å². The fourth-order valence-electron chi connectivity index (χ4n) is 2.25. The van der Waals surface area contributed by atoms with Crippen molar-refractivity contribution in [1.82, 2.24) is 9.55 Å². The molecule has 0 amide bonds. The monoisotopic (exact) mass is 362 g/mol. The van der Waals surface area contributed by atoms with Crippen LogP contribution in [0.1, 0.15) is 22.0 Å². The molecule has 6 heteroatoms. The highest BCUT2D eigenvalue weighted by molar-refractivity contribution is 6.30. The van der Waals surface area contributed by atoms with E-state index in [1.165, 1.54) is 0 Å². The number of carbonyl (C=O) groups is 1. The lowest BCUT2D eigenvalue weighted by molar-refractivity contribution is 0.0255. The van der Waals surface area contributed by atoms with Crippen LogP contribution in [-0.2, 0) is 11.3 Å². The van der Waals surface area contributed by atoms with Crippen molar-refractivity contribution in [3.8, 4) is 0 Å². The minimum Gasteiger partial charge on any atom is -0.452 e. The third kappa shape index (κ3) is 4.60. The molecule has 3 rings (SSSR count). The standard InChI is InChI=1S/C18H15ClN2O2.ClH/c19-16-8-6-14(7-9-16)17(12-21-11-10-20-13-21)23-18(22)15-4-2-1-3-5-15;/h1-11,13,17H,12H2;1H. The molecular weight excluding hydrogens is 347 g/mol. The number of hydrogen-bond acceptors (Lipinski definition) is 3. The SMILES string of the molecule is Cl.O=C(OC(Cn1ccnc1)c1ccc(Cl)cc1)c1ccccc1. The third-order valence-electron chi connectivity index (χ3n) is 3.44. The van der Waals surface area contributed by atoms with Gasteiger partial charge in [0.15, 0.2) is 0 Å². The van der Waals surface area contributed by atoms with E-state index in [1.807, 2.05) is 41.1 Å². The maximum absolute atomic E-state index is 12.4. The highest BCUT2D eigenvalue weighted by atomic mass is 35.5. The van der Waals surface area contributed by atoms with Crippen molar-refractivity contribution in [3.63, 3.8) is 0 Å². The predicted octanol–water partition coefficient (Wildman–Crippen LogP) is 4.56. The summed E-state index contributed by atoms with van der Waals surface area (Å²) in [5.74, 6) is -0.356. The first-order valence-corrected chi connectivity index (χ1v) is 7.57. The summed E-state index contributed by atoms with van der Waals surface area (Å²) in [4.78, 5) is 16.4. The van der Waals surface area contributed by atoms with Crippen molar-refractivity contribution in [2.24, 2.45) is 0 Å². The maximum Gasteiger partial charge on any atom is 0.338 e. The first kappa shape index (κ1) is 18.0. The van der Waals surface area contributed by atoms with Crippen molar-refractivity contribution < 1.29 is 9.53 Å². The lowest BCUT2D eigenvalue weighted by Crippen LogP contribution is -2.16. The molecule has 0 fully saturated rings. The molecule has 124 valence electrons. The van der Waals surface area contributed by atoms with E-state index in [0.717, 1.165) is 5.56 Å². The summed E-state index contributed by atoms with van der Waals surface area (Å²) >= 11 is 5.94. The molecular formula is C18H16Cl2N2O2. The third-order valence-corrected chi connectivity index (χ3v) is 3.69. The van der Waals surface area contributed by atoms with Gasteiger partial charge in [0.25, 0.3) is 0 Å². The molecule has 24 heavy (non-hydrogen) atoms. The highest BCUT2D eigenvalue weighted by Crippen LogP contribution is 2.23. The summed E-state index contributed by atoms with van der Waals surface area (Å²) in [7, 11) is 0. The Hall–Kier alpha value is -2.30. The van der Waals surface area contributed by atoms with Gasteiger partial charge in [-0.2, -0.15) is 0 Å². The van der Waals surface area contributed by atoms with Gasteiger partial charge in [0.1, 0.15) is 6.10 Å². The summed E-state index contributed by atoms with van der Waals surface area (Å²) in [6, 6.07) is 16.2. The van der Waals surface area contributed by atoms with Gasteiger partial charge in [-0.15, -0.1) is 12.4 Å². The smallest absolute Gasteiger partial charge is 0.338 e. The van der Waals surface area contributed by atoms with Gasteiger partial charge in [-0.25, -0.2) is 9.78 Å². The zero-order chi connectivity index (χ0) is 16.1. The summed E-state index contributed by atoms with van der Waals surface area (Å²) in [5.41, 5.74) is 1.41. The largest absolute Gasteiger partial charge is 0.452 e. The number of hydrogen-bond donors (Lipinski definition) is 0. The molecule has 4 nitrogen and oxygen atoms in total.